The molecule has 0 spiro atoms. The molecule has 0 atom stereocenters. The summed E-state index contributed by atoms with van der Waals surface area (Å²) in [6.07, 6.45) is 0. The Labute approximate surface area is 125 Å². The van der Waals surface area contributed by atoms with Crippen molar-refractivity contribution < 1.29 is 14.3 Å². The van der Waals surface area contributed by atoms with E-state index in [1.165, 1.54) is 12.0 Å². The number of ether oxygens (including phenoxy) is 1. The molecule has 1 aromatic carbocycles. The van der Waals surface area contributed by atoms with E-state index in [1.54, 1.807) is 18.2 Å². The maximum Gasteiger partial charge on any atom is 0.314 e. The van der Waals surface area contributed by atoms with Crippen LogP contribution in [0.4, 0.5) is 5.69 Å². The van der Waals surface area contributed by atoms with Gasteiger partial charge in [0, 0.05) is 30.7 Å². The van der Waals surface area contributed by atoms with E-state index in [2.05, 4.69) is 26.6 Å². The van der Waals surface area contributed by atoms with Crippen LogP contribution in [0, 0.1) is 0 Å². The smallest absolute Gasteiger partial charge is 0.314 e. The first-order chi connectivity index (χ1) is 9.61. The van der Waals surface area contributed by atoms with Crippen molar-refractivity contribution in [3.05, 3.63) is 22.7 Å². The molecule has 6 nitrogen and oxygen atoms in total. The van der Waals surface area contributed by atoms with E-state index in [0.717, 1.165) is 4.47 Å². The van der Waals surface area contributed by atoms with E-state index < -0.39 is 11.8 Å². The fourth-order valence-electron chi connectivity index (χ4n) is 1.97. The highest BCUT2D eigenvalue weighted by atomic mass is 79.9. The van der Waals surface area contributed by atoms with Gasteiger partial charge in [0.2, 0.25) is 0 Å². The normalized spacial score (nSPS) is 14.8. The lowest BCUT2D eigenvalue weighted by atomic mass is 10.3. The molecule has 108 valence electrons. The number of halogens is 1. The predicted octanol–water partition coefficient (Wildman–Crippen LogP) is 0.828. The van der Waals surface area contributed by atoms with Crippen molar-refractivity contribution in [3.8, 4) is 5.75 Å². The van der Waals surface area contributed by atoms with Crippen molar-refractivity contribution in [2.75, 3.05) is 38.6 Å². The molecule has 1 saturated heterocycles. The molecule has 1 aliphatic rings. The number of methoxy groups -OCH3 is 1. The highest BCUT2D eigenvalue weighted by molar-refractivity contribution is 9.10. The molecule has 0 aliphatic carbocycles. The lowest BCUT2D eigenvalue weighted by Crippen LogP contribution is -2.49. The third-order valence-electron chi connectivity index (χ3n) is 3.01. The molecule has 1 heterocycles. The van der Waals surface area contributed by atoms with Crippen molar-refractivity contribution in [2.24, 2.45) is 0 Å². The largest absolute Gasteiger partial charge is 0.495 e. The van der Waals surface area contributed by atoms with Crippen molar-refractivity contribution in [1.82, 2.24) is 10.2 Å². The number of nitrogens with zero attached hydrogens (tertiary/aromatic N) is 1. The maximum absolute atomic E-state index is 12.0. The maximum atomic E-state index is 12.0. The first kappa shape index (κ1) is 14.8. The Morgan fingerprint density at radius 3 is 2.70 bits per heavy atom. The minimum Gasteiger partial charge on any atom is -0.495 e. The Hall–Kier alpha value is -1.60. The summed E-state index contributed by atoms with van der Waals surface area (Å²) in [5, 5.41) is 5.73. The number of carbonyl (C=O) groups is 2. The predicted molar refractivity (Wildman–Crippen MR) is 78.8 cm³/mol. The summed E-state index contributed by atoms with van der Waals surface area (Å²) in [4.78, 5) is 25.6. The van der Waals surface area contributed by atoms with Gasteiger partial charge in [-0.25, -0.2) is 0 Å². The second-order valence-electron chi connectivity index (χ2n) is 4.34. The summed E-state index contributed by atoms with van der Waals surface area (Å²) >= 11 is 3.32. The number of hydrogen-bond acceptors (Lipinski definition) is 4. The Morgan fingerprint density at radius 2 is 2.05 bits per heavy atom. The van der Waals surface area contributed by atoms with Gasteiger partial charge in [-0.15, -0.1) is 0 Å². The van der Waals surface area contributed by atoms with Gasteiger partial charge in [-0.3, -0.25) is 9.59 Å². The molecule has 0 aromatic heterocycles. The van der Waals surface area contributed by atoms with Gasteiger partial charge in [0.05, 0.1) is 12.8 Å². The van der Waals surface area contributed by atoms with Crippen LogP contribution in [0.5, 0.6) is 5.75 Å². The van der Waals surface area contributed by atoms with Crippen LogP contribution < -0.4 is 15.4 Å². The molecule has 1 fully saturated rings. The van der Waals surface area contributed by atoms with Crippen LogP contribution >= 0.6 is 15.9 Å². The molecular weight excluding hydrogens is 326 g/mol. The lowest BCUT2D eigenvalue weighted by Gasteiger charge is -2.26. The zero-order chi connectivity index (χ0) is 14.5. The first-order valence-electron chi connectivity index (χ1n) is 6.26. The number of piperazine rings is 1. The summed E-state index contributed by atoms with van der Waals surface area (Å²) in [7, 11) is 1.51. The minimum atomic E-state index is -0.650. The van der Waals surface area contributed by atoms with E-state index in [0.29, 0.717) is 37.6 Å². The lowest BCUT2D eigenvalue weighted by molar-refractivity contribution is -0.143. The Morgan fingerprint density at radius 1 is 1.35 bits per heavy atom. The third kappa shape index (κ3) is 3.49. The molecule has 1 aliphatic heterocycles. The molecule has 20 heavy (non-hydrogen) atoms. The number of anilines is 1. The first-order valence-corrected chi connectivity index (χ1v) is 7.05. The van der Waals surface area contributed by atoms with Crippen LogP contribution in [0.25, 0.3) is 0 Å². The van der Waals surface area contributed by atoms with Gasteiger partial charge in [-0.1, -0.05) is 15.9 Å². The van der Waals surface area contributed by atoms with Gasteiger partial charge in [-0.2, -0.15) is 0 Å². The van der Waals surface area contributed by atoms with E-state index >= 15 is 0 Å². The van der Waals surface area contributed by atoms with Gasteiger partial charge in [0.1, 0.15) is 5.75 Å². The number of hydrogen-bond donors (Lipinski definition) is 2. The van der Waals surface area contributed by atoms with E-state index in [9.17, 15) is 9.59 Å². The second kappa shape index (κ2) is 6.71. The highest BCUT2D eigenvalue weighted by Crippen LogP contribution is 2.27. The quantitative estimate of drug-likeness (QED) is 0.781. The number of rotatable bonds is 2. The Kier molecular flexibility index (Phi) is 4.97. The molecule has 2 amide bonds. The monoisotopic (exact) mass is 341 g/mol. The van der Waals surface area contributed by atoms with Gasteiger partial charge in [-0.05, 0) is 18.2 Å². The molecule has 7 heteroatoms. The van der Waals surface area contributed by atoms with Gasteiger partial charge >= 0.3 is 11.8 Å². The zero-order valence-corrected chi connectivity index (χ0v) is 12.7. The van der Waals surface area contributed by atoms with Crippen LogP contribution in [-0.4, -0.2) is 50.0 Å². The van der Waals surface area contributed by atoms with Crippen LogP contribution in [0.3, 0.4) is 0 Å². The van der Waals surface area contributed by atoms with Crippen LogP contribution in [0.2, 0.25) is 0 Å². The topological polar surface area (TPSA) is 70.7 Å². The Balaban J connectivity index is 2.07. The molecule has 2 N–H and O–H groups in total. The highest BCUT2D eigenvalue weighted by Gasteiger charge is 2.24. The third-order valence-corrected chi connectivity index (χ3v) is 3.50. The average Bonchev–Trinajstić information content (AvgIpc) is 2.47. The fourth-order valence-corrected chi connectivity index (χ4v) is 2.33. The SMILES string of the molecule is COc1ccc(Br)cc1NC(=O)C(=O)N1CCNCC1. The summed E-state index contributed by atoms with van der Waals surface area (Å²) in [6.45, 7) is 2.50. The van der Waals surface area contributed by atoms with Crippen molar-refractivity contribution in [3.63, 3.8) is 0 Å². The fraction of sp³-hybridized carbons (Fsp3) is 0.385. The molecule has 0 bridgehead atoms. The zero-order valence-electron chi connectivity index (χ0n) is 11.1. The summed E-state index contributed by atoms with van der Waals surface area (Å²) in [5.74, 6) is -0.661. The molecule has 0 radical (unpaired) electrons. The number of nitrogens with one attached hydrogen (secondary N) is 2. The van der Waals surface area contributed by atoms with E-state index in [-0.39, 0.29) is 0 Å². The van der Waals surface area contributed by atoms with Crippen molar-refractivity contribution in [2.45, 2.75) is 0 Å². The second-order valence-corrected chi connectivity index (χ2v) is 5.26. The number of benzene rings is 1. The summed E-state index contributed by atoms with van der Waals surface area (Å²) in [6, 6.07) is 5.21. The molecule has 1 aromatic rings. The van der Waals surface area contributed by atoms with E-state index in [1.807, 2.05) is 0 Å². The average molecular weight is 342 g/mol. The van der Waals surface area contributed by atoms with Gasteiger partial charge in [0.15, 0.2) is 0 Å². The van der Waals surface area contributed by atoms with Gasteiger partial charge in [0.25, 0.3) is 0 Å². The standard InChI is InChI=1S/C13H16BrN3O3/c1-20-11-3-2-9(14)8-10(11)16-12(18)13(19)17-6-4-15-5-7-17/h2-3,8,15H,4-7H2,1H3,(H,16,18). The minimum absolute atomic E-state index is 0.468. The van der Waals surface area contributed by atoms with Crippen LogP contribution in [0.15, 0.2) is 22.7 Å². The number of amides is 2. The van der Waals surface area contributed by atoms with Crippen LogP contribution in [-0.2, 0) is 9.59 Å². The molecule has 2 rings (SSSR count). The van der Waals surface area contributed by atoms with Crippen LogP contribution in [0.1, 0.15) is 0 Å². The molecular formula is C13H16BrN3O3. The van der Waals surface area contributed by atoms with Crippen molar-refractivity contribution in [1.29, 1.82) is 0 Å². The molecule has 0 unspecified atom stereocenters. The summed E-state index contributed by atoms with van der Waals surface area (Å²) in [5.41, 5.74) is 0.468. The summed E-state index contributed by atoms with van der Waals surface area (Å²) < 4.78 is 5.95. The Bertz CT molecular complexity index is 516. The number of carbonyl (C=O) groups excluding carboxylic acids is 2. The molecule has 0 saturated carbocycles. The van der Waals surface area contributed by atoms with Crippen molar-refractivity contribution >= 4 is 33.4 Å². The van der Waals surface area contributed by atoms with Gasteiger partial charge < -0.3 is 20.3 Å². The van der Waals surface area contributed by atoms with E-state index in [4.69, 9.17) is 4.74 Å².